The zero-order valence-corrected chi connectivity index (χ0v) is 20.2. The Kier molecular flexibility index (Phi) is 7.28. The SMILES string of the molecule is Cc1ccc(S(=O)(=O)Oc2ccccc2/C=N\NC(=O)C(O)(c2ccccc2)c2ccccc2)cc1. The van der Waals surface area contributed by atoms with E-state index in [4.69, 9.17) is 4.18 Å². The molecule has 0 aliphatic heterocycles. The summed E-state index contributed by atoms with van der Waals surface area (Å²) >= 11 is 0. The summed E-state index contributed by atoms with van der Waals surface area (Å²) < 4.78 is 30.8. The van der Waals surface area contributed by atoms with Crippen molar-refractivity contribution in [1.29, 1.82) is 0 Å². The molecule has 7 nitrogen and oxygen atoms in total. The van der Waals surface area contributed by atoms with E-state index in [9.17, 15) is 18.3 Å². The van der Waals surface area contributed by atoms with Gasteiger partial charge in [-0.15, -0.1) is 0 Å². The fraction of sp³-hybridized carbons (Fsp3) is 0.0714. The second-order valence-electron chi connectivity index (χ2n) is 8.03. The highest BCUT2D eigenvalue weighted by Gasteiger charge is 2.39. The zero-order valence-electron chi connectivity index (χ0n) is 19.4. The minimum absolute atomic E-state index is 0.0175. The van der Waals surface area contributed by atoms with Crippen molar-refractivity contribution in [2.24, 2.45) is 5.10 Å². The summed E-state index contributed by atoms with van der Waals surface area (Å²) in [5, 5.41) is 15.5. The van der Waals surface area contributed by atoms with Gasteiger partial charge in [0.1, 0.15) is 4.90 Å². The molecule has 0 saturated heterocycles. The van der Waals surface area contributed by atoms with Gasteiger partial charge >= 0.3 is 10.1 Å². The van der Waals surface area contributed by atoms with E-state index in [2.05, 4.69) is 10.5 Å². The van der Waals surface area contributed by atoms with Crippen LogP contribution in [0.5, 0.6) is 5.75 Å². The van der Waals surface area contributed by atoms with Gasteiger partial charge in [0.05, 0.1) is 6.21 Å². The van der Waals surface area contributed by atoms with Crippen LogP contribution in [0.3, 0.4) is 0 Å². The number of nitrogens with one attached hydrogen (secondary N) is 1. The van der Waals surface area contributed by atoms with Crippen LogP contribution in [0, 0.1) is 6.92 Å². The van der Waals surface area contributed by atoms with Crippen LogP contribution in [0.4, 0.5) is 0 Å². The van der Waals surface area contributed by atoms with Crippen LogP contribution in [0.15, 0.2) is 119 Å². The quantitative estimate of drug-likeness (QED) is 0.215. The molecule has 2 N–H and O–H groups in total. The van der Waals surface area contributed by atoms with Gasteiger partial charge < -0.3 is 9.29 Å². The highest BCUT2D eigenvalue weighted by molar-refractivity contribution is 7.87. The number of benzene rings is 4. The van der Waals surface area contributed by atoms with E-state index in [1.54, 1.807) is 91.0 Å². The largest absolute Gasteiger partial charge is 0.378 e. The van der Waals surface area contributed by atoms with Crippen molar-refractivity contribution < 1.29 is 22.5 Å². The molecular weight excluding hydrogens is 476 g/mol. The molecule has 0 unspecified atom stereocenters. The van der Waals surface area contributed by atoms with Crippen molar-refractivity contribution in [2.45, 2.75) is 17.4 Å². The number of hydrogen-bond acceptors (Lipinski definition) is 6. The lowest BCUT2D eigenvalue weighted by molar-refractivity contribution is -0.136. The number of carbonyl (C=O) groups excluding carboxylic acids is 1. The van der Waals surface area contributed by atoms with Crippen LogP contribution in [-0.2, 0) is 20.5 Å². The molecule has 4 rings (SSSR count). The lowest BCUT2D eigenvalue weighted by Gasteiger charge is -2.27. The Labute approximate surface area is 209 Å². The second-order valence-corrected chi connectivity index (χ2v) is 9.58. The molecule has 4 aromatic carbocycles. The molecule has 36 heavy (non-hydrogen) atoms. The normalized spacial score (nSPS) is 11.8. The first-order valence-corrected chi connectivity index (χ1v) is 12.5. The van der Waals surface area contributed by atoms with Crippen LogP contribution in [0.2, 0.25) is 0 Å². The predicted octanol–water partition coefficient (Wildman–Crippen LogP) is 4.15. The number of hydrazone groups is 1. The molecule has 0 saturated carbocycles. The molecule has 0 heterocycles. The molecule has 0 aliphatic rings. The Balaban J connectivity index is 1.57. The van der Waals surface area contributed by atoms with Crippen molar-refractivity contribution in [3.63, 3.8) is 0 Å². The van der Waals surface area contributed by atoms with Crippen LogP contribution in [0.1, 0.15) is 22.3 Å². The number of para-hydroxylation sites is 1. The number of aryl methyl sites for hydroxylation is 1. The highest BCUT2D eigenvalue weighted by Crippen LogP contribution is 2.30. The first-order valence-electron chi connectivity index (χ1n) is 11.1. The fourth-order valence-electron chi connectivity index (χ4n) is 3.56. The standard InChI is InChI=1S/C28H24N2O5S/c1-21-16-18-25(19-17-21)36(33,34)35-26-15-9-8-10-22(26)20-29-30-27(31)28(32,23-11-4-2-5-12-23)24-13-6-3-7-14-24/h2-20,32H,1H3,(H,30,31)/b29-20-. The van der Waals surface area contributed by atoms with Gasteiger partial charge in [0.25, 0.3) is 5.91 Å². The Hall–Kier alpha value is -4.27. The molecule has 182 valence electrons. The summed E-state index contributed by atoms with van der Waals surface area (Å²) in [4.78, 5) is 13.2. The fourth-order valence-corrected chi connectivity index (χ4v) is 4.52. The molecular formula is C28H24N2O5S. The third-order valence-corrected chi connectivity index (χ3v) is 6.76. The van der Waals surface area contributed by atoms with E-state index >= 15 is 0 Å². The predicted molar refractivity (Wildman–Crippen MR) is 137 cm³/mol. The third kappa shape index (κ3) is 5.35. The zero-order chi connectivity index (χ0) is 25.6. The lowest BCUT2D eigenvalue weighted by atomic mass is 9.85. The van der Waals surface area contributed by atoms with Gasteiger partial charge in [-0.3, -0.25) is 4.79 Å². The third-order valence-electron chi connectivity index (χ3n) is 5.51. The Bertz CT molecular complexity index is 1430. The average molecular weight is 501 g/mol. The van der Waals surface area contributed by atoms with Crippen molar-refractivity contribution in [2.75, 3.05) is 0 Å². The van der Waals surface area contributed by atoms with Gasteiger partial charge in [-0.05, 0) is 42.3 Å². The summed E-state index contributed by atoms with van der Waals surface area (Å²) in [6.07, 6.45) is 1.26. The number of nitrogens with zero attached hydrogens (tertiary/aromatic N) is 1. The number of amides is 1. The number of carbonyl (C=O) groups is 1. The van der Waals surface area contributed by atoms with E-state index in [0.29, 0.717) is 16.7 Å². The van der Waals surface area contributed by atoms with Crippen LogP contribution >= 0.6 is 0 Å². The van der Waals surface area contributed by atoms with E-state index in [1.165, 1.54) is 24.4 Å². The Morgan fingerprint density at radius 3 is 1.94 bits per heavy atom. The van der Waals surface area contributed by atoms with Gasteiger partial charge in [0.2, 0.25) is 0 Å². The smallest absolute Gasteiger partial charge is 0.339 e. The first-order chi connectivity index (χ1) is 17.3. The van der Waals surface area contributed by atoms with Crippen molar-refractivity contribution in [3.8, 4) is 5.75 Å². The minimum atomic E-state index is -4.08. The number of hydrogen-bond donors (Lipinski definition) is 2. The maximum absolute atomic E-state index is 13.2. The molecule has 0 aromatic heterocycles. The molecule has 0 spiro atoms. The van der Waals surface area contributed by atoms with Crippen molar-refractivity contribution >= 4 is 22.2 Å². The van der Waals surface area contributed by atoms with E-state index in [-0.39, 0.29) is 10.6 Å². The molecule has 0 atom stereocenters. The van der Waals surface area contributed by atoms with Gasteiger partial charge in [-0.2, -0.15) is 13.5 Å². The molecule has 0 bridgehead atoms. The maximum Gasteiger partial charge on any atom is 0.339 e. The van der Waals surface area contributed by atoms with Crippen LogP contribution in [-0.4, -0.2) is 25.6 Å². The summed E-state index contributed by atoms with van der Waals surface area (Å²) in [7, 11) is -4.08. The van der Waals surface area contributed by atoms with E-state index in [1.807, 2.05) is 6.92 Å². The molecule has 4 aromatic rings. The van der Waals surface area contributed by atoms with E-state index in [0.717, 1.165) is 5.56 Å². The minimum Gasteiger partial charge on any atom is -0.378 e. The molecule has 0 aliphatic carbocycles. The topological polar surface area (TPSA) is 105 Å². The lowest BCUT2D eigenvalue weighted by Crippen LogP contribution is -2.43. The summed E-state index contributed by atoms with van der Waals surface area (Å²) in [6, 6.07) is 29.7. The van der Waals surface area contributed by atoms with Gasteiger partial charge in [-0.1, -0.05) is 90.5 Å². The van der Waals surface area contributed by atoms with Gasteiger partial charge in [0, 0.05) is 5.56 Å². The number of aliphatic hydroxyl groups is 1. The van der Waals surface area contributed by atoms with Crippen molar-refractivity contribution in [3.05, 3.63) is 131 Å². The van der Waals surface area contributed by atoms with Crippen molar-refractivity contribution in [1.82, 2.24) is 5.43 Å². The Morgan fingerprint density at radius 2 is 1.36 bits per heavy atom. The summed E-state index contributed by atoms with van der Waals surface area (Å²) in [5.74, 6) is -0.737. The van der Waals surface area contributed by atoms with Gasteiger partial charge in [-0.25, -0.2) is 5.43 Å². The number of rotatable bonds is 8. The van der Waals surface area contributed by atoms with Crippen LogP contribution in [0.25, 0.3) is 0 Å². The molecule has 1 amide bonds. The Morgan fingerprint density at radius 1 is 0.833 bits per heavy atom. The van der Waals surface area contributed by atoms with Gasteiger partial charge in [0.15, 0.2) is 11.4 Å². The maximum atomic E-state index is 13.2. The van der Waals surface area contributed by atoms with Crippen LogP contribution < -0.4 is 9.61 Å². The first kappa shape index (κ1) is 24.8. The summed E-state index contributed by atoms with van der Waals surface area (Å²) in [6.45, 7) is 1.86. The van der Waals surface area contributed by atoms with E-state index < -0.39 is 21.6 Å². The summed E-state index contributed by atoms with van der Waals surface area (Å²) in [5.41, 5.74) is 2.36. The monoisotopic (exact) mass is 500 g/mol. The molecule has 0 radical (unpaired) electrons. The molecule has 8 heteroatoms. The highest BCUT2D eigenvalue weighted by atomic mass is 32.2. The average Bonchev–Trinajstić information content (AvgIpc) is 2.90. The molecule has 0 fully saturated rings. The second kappa shape index (κ2) is 10.6.